The normalized spacial score (nSPS) is 12.6. The minimum absolute atomic E-state index is 0.0387. The summed E-state index contributed by atoms with van der Waals surface area (Å²) < 4.78 is 1.65. The van der Waals surface area contributed by atoms with E-state index in [0.717, 1.165) is 5.56 Å². The molecule has 4 heteroatoms. The smallest absolute Gasteiger partial charge is 0.313 e. The van der Waals surface area contributed by atoms with Crippen molar-refractivity contribution < 1.29 is 0 Å². The van der Waals surface area contributed by atoms with Gasteiger partial charge in [0.1, 0.15) is 0 Å². The number of hydrogen-bond donors (Lipinski definition) is 1. The summed E-state index contributed by atoms with van der Waals surface area (Å²) in [6.45, 7) is 1.98. The number of aromatic nitrogens is 3. The Morgan fingerprint density at radius 2 is 2.14 bits per heavy atom. The number of pyridine rings is 1. The lowest BCUT2D eigenvalue weighted by molar-refractivity contribution is 0.616. The van der Waals surface area contributed by atoms with Gasteiger partial charge in [-0.2, -0.15) is 0 Å². The molecule has 0 bridgehead atoms. The monoisotopic (exact) mass is 189 g/mol. The predicted octanol–water partition coefficient (Wildman–Crippen LogP) is 1.18. The summed E-state index contributed by atoms with van der Waals surface area (Å²) in [5.41, 5.74) is 0.982. The Bertz CT molecular complexity index is 457. The van der Waals surface area contributed by atoms with E-state index < -0.39 is 0 Å². The zero-order valence-electron chi connectivity index (χ0n) is 7.84. The van der Waals surface area contributed by atoms with Crippen molar-refractivity contribution in [3.05, 3.63) is 53.0 Å². The molecular weight excluding hydrogens is 178 g/mol. The first kappa shape index (κ1) is 8.74. The minimum atomic E-state index is -0.0886. The van der Waals surface area contributed by atoms with Gasteiger partial charge in [0.15, 0.2) is 0 Å². The molecule has 2 rings (SSSR count). The van der Waals surface area contributed by atoms with E-state index in [1.807, 2.05) is 19.1 Å². The number of imidazole rings is 1. The molecule has 14 heavy (non-hydrogen) atoms. The van der Waals surface area contributed by atoms with Crippen LogP contribution in [0.5, 0.6) is 0 Å². The van der Waals surface area contributed by atoms with Gasteiger partial charge in [-0.1, -0.05) is 0 Å². The van der Waals surface area contributed by atoms with Crippen molar-refractivity contribution in [2.24, 2.45) is 0 Å². The Morgan fingerprint density at radius 1 is 1.43 bits per heavy atom. The highest BCUT2D eigenvalue weighted by molar-refractivity contribution is 5.15. The number of H-pyrrole nitrogens is 1. The van der Waals surface area contributed by atoms with Crippen LogP contribution in [0.3, 0.4) is 0 Å². The van der Waals surface area contributed by atoms with Crippen molar-refractivity contribution in [1.82, 2.24) is 14.5 Å². The van der Waals surface area contributed by atoms with Gasteiger partial charge in [0.2, 0.25) is 0 Å². The number of nitrogens with zero attached hydrogens (tertiary/aromatic N) is 2. The van der Waals surface area contributed by atoms with Crippen molar-refractivity contribution in [2.75, 3.05) is 0 Å². The Labute approximate surface area is 81.2 Å². The van der Waals surface area contributed by atoms with Crippen LogP contribution >= 0.6 is 0 Å². The van der Waals surface area contributed by atoms with Crippen LogP contribution in [0.25, 0.3) is 0 Å². The molecule has 1 N–H and O–H groups in total. The highest BCUT2D eigenvalue weighted by atomic mass is 16.1. The fraction of sp³-hybridized carbons (Fsp3) is 0.200. The van der Waals surface area contributed by atoms with Crippen molar-refractivity contribution >= 4 is 0 Å². The molecule has 2 aromatic rings. The molecule has 0 aromatic carbocycles. The van der Waals surface area contributed by atoms with Crippen LogP contribution in [-0.4, -0.2) is 14.5 Å². The lowest BCUT2D eigenvalue weighted by Crippen LogP contribution is -2.20. The van der Waals surface area contributed by atoms with E-state index in [9.17, 15) is 4.79 Å². The zero-order valence-corrected chi connectivity index (χ0v) is 7.84. The van der Waals surface area contributed by atoms with Crippen molar-refractivity contribution in [3.63, 3.8) is 0 Å². The third-order valence-electron chi connectivity index (χ3n) is 2.28. The van der Waals surface area contributed by atoms with E-state index in [-0.39, 0.29) is 11.7 Å². The lowest BCUT2D eigenvalue weighted by Gasteiger charge is -2.11. The van der Waals surface area contributed by atoms with Crippen molar-refractivity contribution in [2.45, 2.75) is 13.0 Å². The molecule has 0 radical (unpaired) electrons. The number of hydrogen-bond acceptors (Lipinski definition) is 2. The molecule has 1 unspecified atom stereocenters. The molecule has 0 saturated heterocycles. The maximum Gasteiger partial charge on any atom is 0.326 e. The van der Waals surface area contributed by atoms with Crippen LogP contribution < -0.4 is 5.69 Å². The van der Waals surface area contributed by atoms with Gasteiger partial charge in [-0.15, -0.1) is 0 Å². The SMILES string of the molecule is CC(c1ccncc1)n1cc[nH]c1=O. The number of rotatable bonds is 2. The maximum absolute atomic E-state index is 11.3. The molecule has 72 valence electrons. The summed E-state index contributed by atoms with van der Waals surface area (Å²) in [5.74, 6) is 0. The van der Waals surface area contributed by atoms with Crippen LogP contribution in [0.1, 0.15) is 18.5 Å². The molecular formula is C10H11N3O. The van der Waals surface area contributed by atoms with E-state index >= 15 is 0 Å². The maximum atomic E-state index is 11.3. The molecule has 0 saturated carbocycles. The van der Waals surface area contributed by atoms with Gasteiger partial charge in [-0.25, -0.2) is 4.79 Å². The van der Waals surface area contributed by atoms with Gasteiger partial charge in [0.25, 0.3) is 0 Å². The lowest BCUT2D eigenvalue weighted by atomic mass is 10.1. The van der Waals surface area contributed by atoms with E-state index in [4.69, 9.17) is 0 Å². The van der Waals surface area contributed by atoms with Crippen molar-refractivity contribution in [1.29, 1.82) is 0 Å². The molecule has 0 aliphatic carbocycles. The topological polar surface area (TPSA) is 50.7 Å². The first-order valence-electron chi connectivity index (χ1n) is 4.44. The third-order valence-corrected chi connectivity index (χ3v) is 2.28. The average molecular weight is 189 g/mol. The molecule has 4 nitrogen and oxygen atoms in total. The molecule has 0 spiro atoms. The van der Waals surface area contributed by atoms with Gasteiger partial charge in [0, 0.05) is 24.8 Å². The van der Waals surface area contributed by atoms with E-state index in [1.54, 1.807) is 29.4 Å². The van der Waals surface area contributed by atoms with E-state index in [0.29, 0.717) is 0 Å². The Kier molecular flexibility index (Phi) is 2.18. The van der Waals surface area contributed by atoms with Crippen LogP contribution in [-0.2, 0) is 0 Å². The van der Waals surface area contributed by atoms with E-state index in [1.165, 1.54) is 0 Å². The molecule has 2 aromatic heterocycles. The summed E-state index contributed by atoms with van der Waals surface area (Å²) in [4.78, 5) is 17.9. The van der Waals surface area contributed by atoms with Crippen LogP contribution in [0.4, 0.5) is 0 Å². The number of aromatic amines is 1. The van der Waals surface area contributed by atoms with Gasteiger partial charge >= 0.3 is 5.69 Å². The molecule has 1 atom stereocenters. The van der Waals surface area contributed by atoms with Gasteiger partial charge < -0.3 is 4.98 Å². The summed E-state index contributed by atoms with van der Waals surface area (Å²) in [6, 6.07) is 3.85. The first-order chi connectivity index (χ1) is 6.79. The second-order valence-electron chi connectivity index (χ2n) is 3.13. The molecule has 0 fully saturated rings. The Hall–Kier alpha value is -1.84. The van der Waals surface area contributed by atoms with Crippen molar-refractivity contribution in [3.8, 4) is 0 Å². The minimum Gasteiger partial charge on any atom is -0.313 e. The number of nitrogens with one attached hydrogen (secondary N) is 1. The van der Waals surface area contributed by atoms with Crippen LogP contribution in [0.15, 0.2) is 41.7 Å². The summed E-state index contributed by atoms with van der Waals surface area (Å²) in [6.07, 6.45) is 6.83. The predicted molar refractivity (Wildman–Crippen MR) is 53.1 cm³/mol. The fourth-order valence-corrected chi connectivity index (χ4v) is 1.44. The fourth-order valence-electron chi connectivity index (χ4n) is 1.44. The summed E-state index contributed by atoms with van der Waals surface area (Å²) >= 11 is 0. The van der Waals surface area contributed by atoms with Crippen LogP contribution in [0, 0.1) is 0 Å². The second-order valence-corrected chi connectivity index (χ2v) is 3.13. The molecule has 2 heterocycles. The second kappa shape index (κ2) is 3.49. The van der Waals surface area contributed by atoms with Gasteiger partial charge in [-0.3, -0.25) is 9.55 Å². The first-order valence-corrected chi connectivity index (χ1v) is 4.44. The quantitative estimate of drug-likeness (QED) is 0.771. The van der Waals surface area contributed by atoms with Gasteiger partial charge in [0.05, 0.1) is 6.04 Å². The van der Waals surface area contributed by atoms with Crippen LogP contribution in [0.2, 0.25) is 0 Å². The summed E-state index contributed by atoms with van der Waals surface area (Å²) in [7, 11) is 0. The standard InChI is InChI=1S/C10H11N3O/c1-8(9-2-4-11-5-3-9)13-7-6-12-10(13)14/h2-8H,1H3,(H,12,14). The van der Waals surface area contributed by atoms with Gasteiger partial charge in [-0.05, 0) is 24.6 Å². The largest absolute Gasteiger partial charge is 0.326 e. The molecule has 0 amide bonds. The highest BCUT2D eigenvalue weighted by Gasteiger charge is 2.08. The third kappa shape index (κ3) is 1.46. The molecule has 0 aliphatic rings. The molecule has 0 aliphatic heterocycles. The average Bonchev–Trinajstić information content (AvgIpc) is 2.65. The van der Waals surface area contributed by atoms with E-state index in [2.05, 4.69) is 9.97 Å². The summed E-state index contributed by atoms with van der Waals surface area (Å²) in [5, 5.41) is 0. The Morgan fingerprint density at radius 3 is 2.71 bits per heavy atom. The zero-order chi connectivity index (χ0) is 9.97. The highest BCUT2D eigenvalue weighted by Crippen LogP contribution is 2.13. The Balaban J connectivity index is 2.39.